The fourth-order valence-electron chi connectivity index (χ4n) is 3.82. The van der Waals surface area contributed by atoms with Gasteiger partial charge in [-0.2, -0.15) is 4.31 Å². The van der Waals surface area contributed by atoms with Crippen molar-refractivity contribution in [3.05, 3.63) is 65.0 Å². The molecule has 1 fully saturated rings. The summed E-state index contributed by atoms with van der Waals surface area (Å²) in [5.74, 6) is -1.02. The molecule has 5 nitrogen and oxygen atoms in total. The van der Waals surface area contributed by atoms with Gasteiger partial charge in [-0.15, -0.1) is 0 Å². The zero-order valence-corrected chi connectivity index (χ0v) is 18.5. The molecule has 0 saturated carbocycles. The van der Waals surface area contributed by atoms with Crippen LogP contribution in [0.5, 0.6) is 0 Å². The summed E-state index contributed by atoms with van der Waals surface area (Å²) in [7, 11) is -3.76. The van der Waals surface area contributed by atoms with Gasteiger partial charge in [-0.1, -0.05) is 25.1 Å². The van der Waals surface area contributed by atoms with Crippen LogP contribution >= 0.6 is 0 Å². The molecule has 0 unspecified atom stereocenters. The maximum absolute atomic E-state index is 13.2. The Bertz CT molecular complexity index is 1010. The number of piperidine rings is 1. The van der Waals surface area contributed by atoms with Gasteiger partial charge in [0, 0.05) is 13.1 Å². The van der Waals surface area contributed by atoms with Crippen molar-refractivity contribution >= 4 is 15.9 Å². The summed E-state index contributed by atoms with van der Waals surface area (Å²) in [5, 5.41) is 3.11. The van der Waals surface area contributed by atoms with Crippen LogP contribution in [0.2, 0.25) is 0 Å². The van der Waals surface area contributed by atoms with E-state index in [1.165, 1.54) is 27.6 Å². The zero-order valence-electron chi connectivity index (χ0n) is 17.7. The van der Waals surface area contributed by atoms with Crippen molar-refractivity contribution < 1.29 is 17.6 Å². The minimum atomic E-state index is -3.76. The Hall–Kier alpha value is -2.25. The van der Waals surface area contributed by atoms with Gasteiger partial charge in [-0.3, -0.25) is 4.79 Å². The van der Waals surface area contributed by atoms with Gasteiger partial charge in [-0.05, 0) is 74.1 Å². The van der Waals surface area contributed by atoms with Crippen LogP contribution in [0.4, 0.5) is 4.39 Å². The predicted molar refractivity (Wildman–Crippen MR) is 115 cm³/mol. The SMILES string of the molecule is CC[C@H](NC(=O)[C@H]1CCCN(S(=O)(=O)c2ccc(F)cc2)C1)c1ccc(C)c(C)c1. The Labute approximate surface area is 178 Å². The van der Waals surface area contributed by atoms with Gasteiger partial charge in [0.15, 0.2) is 0 Å². The second-order valence-corrected chi connectivity index (χ2v) is 9.91. The highest BCUT2D eigenvalue weighted by molar-refractivity contribution is 7.89. The number of hydrogen-bond donors (Lipinski definition) is 1. The highest BCUT2D eigenvalue weighted by Gasteiger charge is 2.34. The Morgan fingerprint density at radius 1 is 1.17 bits per heavy atom. The number of nitrogens with zero attached hydrogens (tertiary/aromatic N) is 1. The van der Waals surface area contributed by atoms with Crippen molar-refractivity contribution in [2.24, 2.45) is 5.92 Å². The minimum Gasteiger partial charge on any atom is -0.349 e. The van der Waals surface area contributed by atoms with Crippen LogP contribution in [-0.2, 0) is 14.8 Å². The summed E-state index contributed by atoms with van der Waals surface area (Å²) < 4.78 is 40.3. The second kappa shape index (κ2) is 9.27. The number of carbonyl (C=O) groups excluding carboxylic acids is 1. The molecule has 0 aliphatic carbocycles. The lowest BCUT2D eigenvalue weighted by Crippen LogP contribution is -2.46. The van der Waals surface area contributed by atoms with Gasteiger partial charge in [0.2, 0.25) is 15.9 Å². The van der Waals surface area contributed by atoms with Crippen molar-refractivity contribution in [3.8, 4) is 0 Å². The van der Waals surface area contributed by atoms with Crippen LogP contribution in [0, 0.1) is 25.6 Å². The molecule has 1 amide bonds. The van der Waals surface area contributed by atoms with Gasteiger partial charge in [0.05, 0.1) is 16.9 Å². The first-order valence-electron chi connectivity index (χ1n) is 10.4. The van der Waals surface area contributed by atoms with E-state index < -0.39 is 21.8 Å². The standard InChI is InChI=1S/C23H29FN2O3S/c1-4-22(18-8-7-16(2)17(3)14-18)25-23(27)19-6-5-13-26(15-19)30(28,29)21-11-9-20(24)10-12-21/h7-12,14,19,22H,4-6,13,15H2,1-3H3,(H,25,27)/t19-,22-/m0/s1. The highest BCUT2D eigenvalue weighted by Crippen LogP contribution is 2.26. The number of hydrogen-bond acceptors (Lipinski definition) is 3. The van der Waals surface area contributed by atoms with Crippen LogP contribution < -0.4 is 5.32 Å². The lowest BCUT2D eigenvalue weighted by atomic mass is 9.96. The molecule has 162 valence electrons. The van der Waals surface area contributed by atoms with Crippen LogP contribution in [-0.4, -0.2) is 31.7 Å². The van der Waals surface area contributed by atoms with Gasteiger partial charge in [-0.25, -0.2) is 12.8 Å². The summed E-state index contributed by atoms with van der Waals surface area (Å²) >= 11 is 0. The molecule has 0 aromatic heterocycles. The molecule has 2 atom stereocenters. The smallest absolute Gasteiger partial charge is 0.243 e. The lowest BCUT2D eigenvalue weighted by Gasteiger charge is -2.32. The molecule has 3 rings (SSSR count). The van der Waals surface area contributed by atoms with E-state index >= 15 is 0 Å². The van der Waals surface area contributed by atoms with Crippen molar-refractivity contribution in [3.63, 3.8) is 0 Å². The van der Waals surface area contributed by atoms with E-state index in [1.54, 1.807) is 0 Å². The average molecular weight is 433 g/mol. The molecule has 0 radical (unpaired) electrons. The molecule has 1 N–H and O–H groups in total. The summed E-state index contributed by atoms with van der Waals surface area (Å²) in [6.07, 6.45) is 2.00. The van der Waals surface area contributed by atoms with Crippen LogP contribution in [0.1, 0.15) is 48.9 Å². The Balaban J connectivity index is 1.71. The summed E-state index contributed by atoms with van der Waals surface area (Å²) in [4.78, 5) is 13.0. The third-order valence-corrected chi connectivity index (χ3v) is 7.74. The zero-order chi connectivity index (χ0) is 21.9. The van der Waals surface area contributed by atoms with E-state index in [0.717, 1.165) is 24.1 Å². The van der Waals surface area contributed by atoms with Gasteiger partial charge < -0.3 is 5.32 Å². The maximum Gasteiger partial charge on any atom is 0.243 e. The largest absolute Gasteiger partial charge is 0.349 e. The van der Waals surface area contributed by atoms with Crippen molar-refractivity contribution in [2.75, 3.05) is 13.1 Å². The number of aryl methyl sites for hydroxylation is 2. The molecular formula is C23H29FN2O3S. The number of halogens is 1. The molecule has 2 aromatic carbocycles. The maximum atomic E-state index is 13.2. The average Bonchev–Trinajstić information content (AvgIpc) is 2.74. The molecule has 1 heterocycles. The van der Waals surface area contributed by atoms with Crippen LogP contribution in [0.25, 0.3) is 0 Å². The van der Waals surface area contributed by atoms with Crippen LogP contribution in [0.15, 0.2) is 47.4 Å². The second-order valence-electron chi connectivity index (χ2n) is 7.97. The van der Waals surface area contributed by atoms with E-state index in [1.807, 2.05) is 19.9 Å². The topological polar surface area (TPSA) is 66.5 Å². The van der Waals surface area contributed by atoms with Crippen molar-refractivity contribution in [1.29, 1.82) is 0 Å². The summed E-state index contributed by atoms with van der Waals surface area (Å²) in [6, 6.07) is 10.9. The molecule has 1 saturated heterocycles. The van der Waals surface area contributed by atoms with E-state index in [9.17, 15) is 17.6 Å². The number of amides is 1. The van der Waals surface area contributed by atoms with E-state index in [2.05, 4.69) is 24.4 Å². The summed E-state index contributed by atoms with van der Waals surface area (Å²) in [6.45, 7) is 6.61. The Morgan fingerprint density at radius 3 is 2.50 bits per heavy atom. The molecule has 1 aliphatic heterocycles. The Kier molecular flexibility index (Phi) is 6.93. The molecule has 0 bridgehead atoms. The fraction of sp³-hybridized carbons (Fsp3) is 0.435. The third-order valence-electron chi connectivity index (χ3n) is 5.86. The molecule has 2 aromatic rings. The molecule has 0 spiro atoms. The normalized spacial score (nSPS) is 18.7. The Morgan fingerprint density at radius 2 is 1.87 bits per heavy atom. The minimum absolute atomic E-state index is 0.0477. The number of benzene rings is 2. The van der Waals surface area contributed by atoms with Crippen LogP contribution in [0.3, 0.4) is 0 Å². The predicted octanol–water partition coefficient (Wildman–Crippen LogP) is 4.11. The van der Waals surface area contributed by atoms with E-state index in [4.69, 9.17) is 0 Å². The quantitative estimate of drug-likeness (QED) is 0.747. The number of rotatable bonds is 6. The van der Waals surface area contributed by atoms with E-state index in [0.29, 0.717) is 19.4 Å². The first-order chi connectivity index (χ1) is 14.2. The third kappa shape index (κ3) is 4.90. The van der Waals surface area contributed by atoms with Crippen molar-refractivity contribution in [2.45, 2.75) is 51.0 Å². The number of sulfonamides is 1. The lowest BCUT2D eigenvalue weighted by molar-refractivity contribution is -0.126. The number of nitrogens with one attached hydrogen (secondary N) is 1. The summed E-state index contributed by atoms with van der Waals surface area (Å²) in [5.41, 5.74) is 3.43. The van der Waals surface area contributed by atoms with E-state index in [-0.39, 0.29) is 23.4 Å². The first-order valence-corrected chi connectivity index (χ1v) is 11.8. The molecule has 7 heteroatoms. The monoisotopic (exact) mass is 432 g/mol. The van der Waals surface area contributed by atoms with Gasteiger partial charge in [0.1, 0.15) is 5.82 Å². The fourth-order valence-corrected chi connectivity index (χ4v) is 5.35. The van der Waals surface area contributed by atoms with Crippen molar-refractivity contribution in [1.82, 2.24) is 9.62 Å². The first kappa shape index (κ1) is 22.4. The highest BCUT2D eigenvalue weighted by atomic mass is 32.2. The molecule has 30 heavy (non-hydrogen) atoms. The molecule has 1 aliphatic rings. The molecular weight excluding hydrogens is 403 g/mol. The number of carbonyl (C=O) groups is 1. The van der Waals surface area contributed by atoms with Gasteiger partial charge >= 0.3 is 0 Å². The van der Waals surface area contributed by atoms with Gasteiger partial charge in [0.25, 0.3) is 0 Å².